The number of benzene rings is 1. The molecule has 0 amide bonds. The summed E-state index contributed by atoms with van der Waals surface area (Å²) in [5.41, 5.74) is 5.30. The van der Waals surface area contributed by atoms with Crippen LogP contribution >= 0.6 is 0 Å². The Balaban J connectivity index is 3.31. The Labute approximate surface area is 85.2 Å². The van der Waals surface area contributed by atoms with E-state index in [0.717, 1.165) is 6.07 Å². The standard InChI is InChI=1S/C10H10F3NO/c1-15-10-6(3-2-4-14)5-7(11)8(12)9(10)13/h2-3,5H,4,14H2,1H3/b3-2+. The number of ether oxygens (including phenoxy) is 1. The third kappa shape index (κ3) is 2.30. The van der Waals surface area contributed by atoms with Crippen LogP contribution in [0.4, 0.5) is 13.2 Å². The highest BCUT2D eigenvalue weighted by molar-refractivity contribution is 5.58. The van der Waals surface area contributed by atoms with Gasteiger partial charge in [-0.05, 0) is 6.07 Å². The van der Waals surface area contributed by atoms with E-state index in [2.05, 4.69) is 4.74 Å². The van der Waals surface area contributed by atoms with Gasteiger partial charge in [0.15, 0.2) is 17.4 Å². The van der Waals surface area contributed by atoms with Crippen molar-refractivity contribution >= 4 is 6.08 Å². The third-order valence-electron chi connectivity index (χ3n) is 1.78. The van der Waals surface area contributed by atoms with Gasteiger partial charge in [0.1, 0.15) is 0 Å². The Kier molecular flexibility index (Phi) is 3.74. The zero-order valence-corrected chi connectivity index (χ0v) is 8.06. The number of methoxy groups -OCH3 is 1. The van der Waals surface area contributed by atoms with Crippen LogP contribution in [0.3, 0.4) is 0 Å². The molecule has 1 aromatic rings. The van der Waals surface area contributed by atoms with E-state index in [9.17, 15) is 13.2 Å². The molecule has 0 aromatic heterocycles. The lowest BCUT2D eigenvalue weighted by molar-refractivity contribution is 0.359. The van der Waals surface area contributed by atoms with E-state index in [-0.39, 0.29) is 17.9 Å². The van der Waals surface area contributed by atoms with Crippen LogP contribution in [-0.2, 0) is 0 Å². The summed E-state index contributed by atoms with van der Waals surface area (Å²) >= 11 is 0. The van der Waals surface area contributed by atoms with Gasteiger partial charge >= 0.3 is 0 Å². The molecule has 0 saturated carbocycles. The second kappa shape index (κ2) is 4.84. The van der Waals surface area contributed by atoms with Crippen molar-refractivity contribution in [2.45, 2.75) is 0 Å². The van der Waals surface area contributed by atoms with Crippen LogP contribution in [0.15, 0.2) is 12.1 Å². The van der Waals surface area contributed by atoms with Crippen molar-refractivity contribution in [3.63, 3.8) is 0 Å². The second-order valence-electron chi connectivity index (χ2n) is 2.75. The van der Waals surface area contributed by atoms with Crippen molar-refractivity contribution in [3.05, 3.63) is 35.2 Å². The van der Waals surface area contributed by atoms with Crippen molar-refractivity contribution in [1.29, 1.82) is 0 Å². The summed E-state index contributed by atoms with van der Waals surface area (Å²) in [4.78, 5) is 0. The summed E-state index contributed by atoms with van der Waals surface area (Å²) in [6.07, 6.45) is 2.85. The maximum absolute atomic E-state index is 13.1. The number of hydrogen-bond acceptors (Lipinski definition) is 2. The van der Waals surface area contributed by atoms with Crippen LogP contribution in [0.5, 0.6) is 5.75 Å². The van der Waals surface area contributed by atoms with E-state index in [0.29, 0.717) is 0 Å². The van der Waals surface area contributed by atoms with Crippen LogP contribution < -0.4 is 10.5 Å². The molecule has 0 aliphatic carbocycles. The summed E-state index contributed by atoms with van der Waals surface area (Å²) in [6.45, 7) is 0.212. The molecule has 1 rings (SSSR count). The van der Waals surface area contributed by atoms with Gasteiger partial charge in [-0.15, -0.1) is 0 Å². The smallest absolute Gasteiger partial charge is 0.204 e. The fourth-order valence-corrected chi connectivity index (χ4v) is 1.12. The molecule has 15 heavy (non-hydrogen) atoms. The molecule has 0 atom stereocenters. The molecule has 1 aromatic carbocycles. The molecular weight excluding hydrogens is 207 g/mol. The van der Waals surface area contributed by atoms with Crippen LogP contribution in [0.2, 0.25) is 0 Å². The SMILES string of the molecule is COc1c(/C=C/CN)cc(F)c(F)c1F. The average molecular weight is 217 g/mol. The zero-order chi connectivity index (χ0) is 11.4. The van der Waals surface area contributed by atoms with Gasteiger partial charge in [-0.25, -0.2) is 8.78 Å². The molecule has 0 unspecified atom stereocenters. The van der Waals surface area contributed by atoms with Gasteiger partial charge in [0.2, 0.25) is 5.82 Å². The number of halogens is 3. The Morgan fingerprint density at radius 3 is 2.53 bits per heavy atom. The summed E-state index contributed by atoms with van der Waals surface area (Å²) < 4.78 is 43.4. The van der Waals surface area contributed by atoms with Gasteiger partial charge in [0.25, 0.3) is 0 Å². The molecule has 0 spiro atoms. The van der Waals surface area contributed by atoms with E-state index in [1.165, 1.54) is 19.3 Å². The van der Waals surface area contributed by atoms with Crippen molar-refractivity contribution in [2.75, 3.05) is 13.7 Å². The molecule has 2 nitrogen and oxygen atoms in total. The zero-order valence-electron chi connectivity index (χ0n) is 8.06. The summed E-state index contributed by atoms with van der Waals surface area (Å²) in [5, 5.41) is 0. The first-order valence-electron chi connectivity index (χ1n) is 4.20. The minimum absolute atomic E-state index is 0.111. The average Bonchev–Trinajstić information content (AvgIpc) is 2.23. The molecule has 82 valence electrons. The third-order valence-corrected chi connectivity index (χ3v) is 1.78. The molecule has 0 heterocycles. The molecule has 0 saturated heterocycles. The molecule has 2 N–H and O–H groups in total. The summed E-state index contributed by atoms with van der Waals surface area (Å²) in [7, 11) is 1.18. The monoisotopic (exact) mass is 217 g/mol. The minimum atomic E-state index is -1.54. The lowest BCUT2D eigenvalue weighted by Crippen LogP contribution is -1.99. The Morgan fingerprint density at radius 1 is 1.33 bits per heavy atom. The first kappa shape index (κ1) is 11.6. The molecule has 0 fully saturated rings. The molecule has 5 heteroatoms. The molecular formula is C10H10F3NO. The quantitative estimate of drug-likeness (QED) is 0.787. The van der Waals surface area contributed by atoms with Gasteiger partial charge in [-0.2, -0.15) is 4.39 Å². The number of rotatable bonds is 3. The maximum atomic E-state index is 13.1. The topological polar surface area (TPSA) is 35.2 Å². The summed E-state index contributed by atoms with van der Waals surface area (Å²) in [6, 6.07) is 0.851. The van der Waals surface area contributed by atoms with Crippen LogP contribution in [-0.4, -0.2) is 13.7 Å². The van der Waals surface area contributed by atoms with Crippen molar-refractivity contribution in [2.24, 2.45) is 5.73 Å². The van der Waals surface area contributed by atoms with Gasteiger partial charge in [0.05, 0.1) is 7.11 Å². The Bertz CT molecular complexity index is 391. The summed E-state index contributed by atoms with van der Waals surface area (Å²) in [5.74, 6) is -4.48. The van der Waals surface area contributed by atoms with Gasteiger partial charge in [-0.3, -0.25) is 0 Å². The predicted octanol–water partition coefficient (Wildman–Crippen LogP) is 2.08. The van der Waals surface area contributed by atoms with Crippen molar-refractivity contribution < 1.29 is 17.9 Å². The van der Waals surface area contributed by atoms with Gasteiger partial charge < -0.3 is 10.5 Å². The van der Waals surface area contributed by atoms with E-state index >= 15 is 0 Å². The fourth-order valence-electron chi connectivity index (χ4n) is 1.12. The molecule has 0 radical (unpaired) electrons. The largest absolute Gasteiger partial charge is 0.493 e. The van der Waals surface area contributed by atoms with E-state index < -0.39 is 17.5 Å². The Morgan fingerprint density at radius 2 is 2.00 bits per heavy atom. The van der Waals surface area contributed by atoms with E-state index in [4.69, 9.17) is 5.73 Å². The fraction of sp³-hybridized carbons (Fsp3) is 0.200. The van der Waals surface area contributed by atoms with Gasteiger partial charge in [-0.1, -0.05) is 12.2 Å². The first-order chi connectivity index (χ1) is 7.11. The molecule has 0 bridgehead atoms. The van der Waals surface area contributed by atoms with E-state index in [1.54, 1.807) is 0 Å². The number of nitrogens with two attached hydrogens (primary N) is 1. The Hall–Kier alpha value is -1.49. The van der Waals surface area contributed by atoms with Gasteiger partial charge in [0, 0.05) is 12.1 Å². The highest BCUT2D eigenvalue weighted by Gasteiger charge is 2.17. The highest BCUT2D eigenvalue weighted by atomic mass is 19.2. The lowest BCUT2D eigenvalue weighted by Gasteiger charge is -2.07. The lowest BCUT2D eigenvalue weighted by atomic mass is 10.1. The van der Waals surface area contributed by atoms with Crippen LogP contribution in [0, 0.1) is 17.5 Å². The first-order valence-corrected chi connectivity index (χ1v) is 4.20. The minimum Gasteiger partial charge on any atom is -0.493 e. The molecule has 0 aliphatic rings. The predicted molar refractivity (Wildman–Crippen MR) is 51.0 cm³/mol. The van der Waals surface area contributed by atoms with Crippen molar-refractivity contribution in [3.8, 4) is 5.75 Å². The van der Waals surface area contributed by atoms with E-state index in [1.807, 2.05) is 0 Å². The van der Waals surface area contributed by atoms with Crippen molar-refractivity contribution in [1.82, 2.24) is 0 Å². The maximum Gasteiger partial charge on any atom is 0.204 e. The normalized spacial score (nSPS) is 11.0. The highest BCUT2D eigenvalue weighted by Crippen LogP contribution is 2.27. The second-order valence-corrected chi connectivity index (χ2v) is 2.75. The van der Waals surface area contributed by atoms with Crippen LogP contribution in [0.25, 0.3) is 6.08 Å². The van der Waals surface area contributed by atoms with Crippen LogP contribution in [0.1, 0.15) is 5.56 Å². The molecule has 0 aliphatic heterocycles. The number of hydrogen-bond donors (Lipinski definition) is 1.